The van der Waals surface area contributed by atoms with Crippen molar-refractivity contribution in [2.24, 2.45) is 0 Å². The quantitative estimate of drug-likeness (QED) is 0.572. The first-order chi connectivity index (χ1) is 7.33. The van der Waals surface area contributed by atoms with Crippen molar-refractivity contribution in [3.63, 3.8) is 0 Å². The number of allylic oxidation sites excluding steroid dienone is 1. The first kappa shape index (κ1) is 12.3. The van der Waals surface area contributed by atoms with Crippen LogP contribution in [0.15, 0.2) is 30.3 Å². The molecule has 0 N–H and O–H groups in total. The number of rotatable bonds is 6. The van der Waals surface area contributed by atoms with Gasteiger partial charge in [0.15, 0.2) is 0 Å². The van der Waals surface area contributed by atoms with Crippen LogP contribution in [0.1, 0.15) is 44.6 Å². The van der Waals surface area contributed by atoms with Crippen LogP contribution >= 0.6 is 11.6 Å². The molecule has 1 rings (SSSR count). The van der Waals surface area contributed by atoms with Crippen molar-refractivity contribution in [2.45, 2.75) is 39.0 Å². The van der Waals surface area contributed by atoms with E-state index >= 15 is 0 Å². The molecule has 0 aliphatic rings. The minimum absolute atomic E-state index is 0.801. The Morgan fingerprint density at radius 2 is 1.80 bits per heavy atom. The molecule has 0 amide bonds. The molecule has 0 fully saturated rings. The minimum Gasteiger partial charge on any atom is -0.0843 e. The fraction of sp³-hybridized carbons (Fsp3) is 0.429. The smallest absolute Gasteiger partial charge is 0.0406 e. The second kappa shape index (κ2) is 7.53. The highest BCUT2D eigenvalue weighted by molar-refractivity contribution is 6.30. The average molecular weight is 223 g/mol. The Balaban J connectivity index is 2.23. The van der Waals surface area contributed by atoms with Crippen LogP contribution in [0.4, 0.5) is 0 Å². The van der Waals surface area contributed by atoms with E-state index in [0.29, 0.717) is 0 Å². The summed E-state index contributed by atoms with van der Waals surface area (Å²) in [7, 11) is 0. The lowest BCUT2D eigenvalue weighted by atomic mass is 10.1. The highest BCUT2D eigenvalue weighted by Gasteiger charge is 1.88. The van der Waals surface area contributed by atoms with Crippen molar-refractivity contribution in [1.29, 1.82) is 0 Å². The Bertz CT molecular complexity index is 285. The van der Waals surface area contributed by atoms with Gasteiger partial charge in [0.1, 0.15) is 0 Å². The van der Waals surface area contributed by atoms with E-state index in [1.807, 2.05) is 24.3 Å². The molecule has 0 aliphatic heterocycles. The molecule has 1 heteroatoms. The van der Waals surface area contributed by atoms with E-state index in [4.69, 9.17) is 11.6 Å². The zero-order valence-electron chi connectivity index (χ0n) is 9.38. The molecule has 82 valence electrons. The van der Waals surface area contributed by atoms with Gasteiger partial charge < -0.3 is 0 Å². The summed E-state index contributed by atoms with van der Waals surface area (Å²) in [6, 6.07) is 7.95. The van der Waals surface area contributed by atoms with Gasteiger partial charge in [-0.3, -0.25) is 0 Å². The second-order valence-corrected chi connectivity index (χ2v) is 4.24. The summed E-state index contributed by atoms with van der Waals surface area (Å²) in [5.41, 5.74) is 1.23. The summed E-state index contributed by atoms with van der Waals surface area (Å²) < 4.78 is 0. The van der Waals surface area contributed by atoms with Crippen molar-refractivity contribution < 1.29 is 0 Å². The van der Waals surface area contributed by atoms with E-state index in [9.17, 15) is 0 Å². The Morgan fingerprint density at radius 3 is 2.47 bits per heavy atom. The van der Waals surface area contributed by atoms with Crippen LogP contribution in [0.3, 0.4) is 0 Å². The highest BCUT2D eigenvalue weighted by Crippen LogP contribution is 2.11. The Labute approximate surface area is 98.0 Å². The molecule has 1 aromatic carbocycles. The minimum atomic E-state index is 0.801. The zero-order chi connectivity index (χ0) is 10.9. The molecular formula is C14H19Cl. The van der Waals surface area contributed by atoms with Crippen molar-refractivity contribution in [1.82, 2.24) is 0 Å². The summed E-state index contributed by atoms with van der Waals surface area (Å²) in [4.78, 5) is 0. The molecule has 15 heavy (non-hydrogen) atoms. The lowest BCUT2D eigenvalue weighted by molar-refractivity contribution is 0.675. The maximum atomic E-state index is 5.81. The van der Waals surface area contributed by atoms with Gasteiger partial charge in [0, 0.05) is 5.02 Å². The Morgan fingerprint density at radius 1 is 1.07 bits per heavy atom. The first-order valence-corrected chi connectivity index (χ1v) is 6.13. The molecule has 0 aromatic heterocycles. The normalized spacial score (nSPS) is 11.1. The standard InChI is InChI=1S/C14H19Cl/c1-2-3-4-5-6-7-8-13-9-11-14(15)12-10-13/h7-12H,2-6H2,1H3/b8-7+. The van der Waals surface area contributed by atoms with E-state index in [0.717, 1.165) is 5.02 Å². The fourth-order valence-corrected chi connectivity index (χ4v) is 1.61. The van der Waals surface area contributed by atoms with Gasteiger partial charge in [0.05, 0.1) is 0 Å². The van der Waals surface area contributed by atoms with Crippen molar-refractivity contribution in [3.8, 4) is 0 Å². The molecule has 0 spiro atoms. The molecule has 0 nitrogen and oxygen atoms in total. The number of hydrogen-bond acceptors (Lipinski definition) is 0. The van der Waals surface area contributed by atoms with Crippen LogP contribution < -0.4 is 0 Å². The van der Waals surface area contributed by atoms with Crippen LogP contribution in [-0.2, 0) is 0 Å². The van der Waals surface area contributed by atoms with Gasteiger partial charge in [0.25, 0.3) is 0 Å². The lowest BCUT2D eigenvalue weighted by Gasteiger charge is -1.95. The number of hydrogen-bond donors (Lipinski definition) is 0. The van der Waals surface area contributed by atoms with Crippen LogP contribution in [0.25, 0.3) is 6.08 Å². The van der Waals surface area contributed by atoms with Gasteiger partial charge in [0.2, 0.25) is 0 Å². The highest BCUT2D eigenvalue weighted by atomic mass is 35.5. The Hall–Kier alpha value is -0.750. The van der Waals surface area contributed by atoms with Crippen LogP contribution in [0.2, 0.25) is 5.02 Å². The predicted molar refractivity (Wildman–Crippen MR) is 69.2 cm³/mol. The van der Waals surface area contributed by atoms with Gasteiger partial charge in [-0.1, -0.05) is 62.1 Å². The number of halogens is 1. The summed E-state index contributed by atoms with van der Waals surface area (Å²) in [5, 5.41) is 0.801. The molecule has 0 saturated carbocycles. The van der Waals surface area contributed by atoms with E-state index < -0.39 is 0 Å². The Kier molecular flexibility index (Phi) is 6.18. The molecular weight excluding hydrogens is 204 g/mol. The van der Waals surface area contributed by atoms with Crippen molar-refractivity contribution in [3.05, 3.63) is 40.9 Å². The second-order valence-electron chi connectivity index (χ2n) is 3.80. The fourth-order valence-electron chi connectivity index (χ4n) is 1.48. The lowest BCUT2D eigenvalue weighted by Crippen LogP contribution is -1.74. The third kappa shape index (κ3) is 5.64. The predicted octanol–water partition coefficient (Wildman–Crippen LogP) is 5.32. The van der Waals surface area contributed by atoms with Crippen LogP contribution in [0.5, 0.6) is 0 Å². The third-order valence-corrected chi connectivity index (χ3v) is 2.66. The van der Waals surface area contributed by atoms with Crippen LogP contribution in [0, 0.1) is 0 Å². The number of benzene rings is 1. The van der Waals surface area contributed by atoms with E-state index in [2.05, 4.69) is 19.1 Å². The largest absolute Gasteiger partial charge is 0.0843 e. The molecule has 0 heterocycles. The van der Waals surface area contributed by atoms with Crippen molar-refractivity contribution in [2.75, 3.05) is 0 Å². The maximum Gasteiger partial charge on any atom is 0.0406 e. The molecule has 0 bridgehead atoms. The summed E-state index contributed by atoms with van der Waals surface area (Å²) in [5.74, 6) is 0. The van der Waals surface area contributed by atoms with E-state index in [-0.39, 0.29) is 0 Å². The summed E-state index contributed by atoms with van der Waals surface area (Å²) >= 11 is 5.81. The monoisotopic (exact) mass is 222 g/mol. The van der Waals surface area contributed by atoms with Crippen LogP contribution in [-0.4, -0.2) is 0 Å². The summed E-state index contributed by atoms with van der Waals surface area (Å²) in [6.45, 7) is 2.24. The zero-order valence-corrected chi connectivity index (χ0v) is 10.1. The van der Waals surface area contributed by atoms with E-state index in [1.54, 1.807) is 0 Å². The molecule has 1 aromatic rings. The third-order valence-electron chi connectivity index (χ3n) is 2.40. The number of unbranched alkanes of at least 4 members (excludes halogenated alkanes) is 4. The van der Waals surface area contributed by atoms with Gasteiger partial charge in [-0.05, 0) is 30.5 Å². The topological polar surface area (TPSA) is 0 Å². The summed E-state index contributed by atoms with van der Waals surface area (Å²) in [6.07, 6.45) is 10.9. The maximum absolute atomic E-state index is 5.81. The molecule has 0 atom stereocenters. The molecule has 0 aliphatic carbocycles. The average Bonchev–Trinajstić information content (AvgIpc) is 2.26. The van der Waals surface area contributed by atoms with Gasteiger partial charge >= 0.3 is 0 Å². The van der Waals surface area contributed by atoms with Gasteiger partial charge in [-0.25, -0.2) is 0 Å². The molecule has 0 unspecified atom stereocenters. The first-order valence-electron chi connectivity index (χ1n) is 5.75. The molecule has 0 saturated heterocycles. The van der Waals surface area contributed by atoms with Crippen molar-refractivity contribution >= 4 is 17.7 Å². The molecule has 0 radical (unpaired) electrons. The van der Waals surface area contributed by atoms with Gasteiger partial charge in [-0.15, -0.1) is 0 Å². The SMILES string of the molecule is CCCCCC/C=C/c1ccc(Cl)cc1. The van der Waals surface area contributed by atoms with Gasteiger partial charge in [-0.2, -0.15) is 0 Å². The van der Waals surface area contributed by atoms with E-state index in [1.165, 1.54) is 37.7 Å².